The van der Waals surface area contributed by atoms with Crippen molar-refractivity contribution in [3.8, 4) is 5.75 Å². The lowest BCUT2D eigenvalue weighted by atomic mass is 10.0. The summed E-state index contributed by atoms with van der Waals surface area (Å²) in [6.45, 7) is 4.92. The highest BCUT2D eigenvalue weighted by Gasteiger charge is 2.29. The van der Waals surface area contributed by atoms with Crippen LogP contribution in [0.2, 0.25) is 5.02 Å². The van der Waals surface area contributed by atoms with Gasteiger partial charge >= 0.3 is 0 Å². The fourth-order valence-corrected chi connectivity index (χ4v) is 5.29. The molecule has 0 aromatic heterocycles. The van der Waals surface area contributed by atoms with Crippen LogP contribution >= 0.6 is 11.6 Å². The molecule has 0 saturated carbocycles. The van der Waals surface area contributed by atoms with Gasteiger partial charge in [0.25, 0.3) is 5.91 Å². The molecule has 0 spiro atoms. The van der Waals surface area contributed by atoms with E-state index in [0.717, 1.165) is 18.4 Å². The van der Waals surface area contributed by atoms with E-state index in [9.17, 15) is 13.2 Å². The van der Waals surface area contributed by atoms with Crippen LogP contribution in [-0.4, -0.2) is 38.8 Å². The minimum absolute atomic E-state index is 0.0801. The van der Waals surface area contributed by atoms with Crippen LogP contribution in [0.5, 0.6) is 5.75 Å². The number of ether oxygens (including phenoxy) is 1. The number of methoxy groups -OCH3 is 1. The number of carbonyl (C=O) groups is 1. The molecule has 0 bridgehead atoms. The number of nitrogens with one attached hydrogen (secondary N) is 1. The number of piperidine rings is 1. The molecule has 2 aromatic rings. The third kappa shape index (κ3) is 4.79. The van der Waals surface area contributed by atoms with Crippen LogP contribution in [0.3, 0.4) is 0 Å². The fraction of sp³-hybridized carbons (Fsp3) is 0.409. The number of amides is 1. The van der Waals surface area contributed by atoms with Crippen molar-refractivity contribution in [2.45, 2.75) is 37.6 Å². The van der Waals surface area contributed by atoms with Gasteiger partial charge in [0.15, 0.2) is 0 Å². The number of para-hydroxylation sites is 1. The van der Waals surface area contributed by atoms with Crippen molar-refractivity contribution in [3.05, 3.63) is 58.6 Å². The molecule has 1 saturated heterocycles. The van der Waals surface area contributed by atoms with Crippen molar-refractivity contribution < 1.29 is 17.9 Å². The maximum absolute atomic E-state index is 13.0. The normalized spacial score (nSPS) is 16.8. The number of sulfonamides is 1. The minimum atomic E-state index is -3.67. The molecular weight excluding hydrogens is 424 g/mol. The van der Waals surface area contributed by atoms with Gasteiger partial charge in [0.2, 0.25) is 10.0 Å². The van der Waals surface area contributed by atoms with Crippen molar-refractivity contribution in [2.75, 3.05) is 20.2 Å². The Morgan fingerprint density at radius 1 is 1.20 bits per heavy atom. The number of rotatable bonds is 6. The topological polar surface area (TPSA) is 75.7 Å². The number of benzene rings is 2. The van der Waals surface area contributed by atoms with Crippen LogP contribution < -0.4 is 10.1 Å². The molecule has 3 rings (SSSR count). The van der Waals surface area contributed by atoms with Crippen LogP contribution in [0.15, 0.2) is 47.4 Å². The number of nitrogens with zero attached hydrogens (tertiary/aromatic N) is 1. The summed E-state index contributed by atoms with van der Waals surface area (Å²) < 4.78 is 32.9. The molecule has 2 aromatic carbocycles. The molecule has 30 heavy (non-hydrogen) atoms. The van der Waals surface area contributed by atoms with E-state index in [0.29, 0.717) is 24.8 Å². The van der Waals surface area contributed by atoms with Gasteiger partial charge in [0, 0.05) is 18.7 Å². The average molecular weight is 451 g/mol. The van der Waals surface area contributed by atoms with Gasteiger partial charge in [-0.2, -0.15) is 4.31 Å². The summed E-state index contributed by atoms with van der Waals surface area (Å²) in [4.78, 5) is 13.0. The Hall–Kier alpha value is -2.09. The summed E-state index contributed by atoms with van der Waals surface area (Å²) in [6, 6.07) is 11.3. The van der Waals surface area contributed by atoms with E-state index in [1.165, 1.54) is 22.5 Å². The standard InChI is InChI=1S/C22H27ClN2O4S/c1-15-10-12-25(13-11-15)30(27,28)17-8-9-20(23)19(14-17)22(26)24-16(2)18-6-4-5-7-21(18)29-3/h4-9,14-16H,10-13H2,1-3H3,(H,24,26)/t16-/m0/s1. The summed E-state index contributed by atoms with van der Waals surface area (Å²) in [5.74, 6) is 0.731. The first kappa shape index (κ1) is 22.6. The van der Waals surface area contributed by atoms with Gasteiger partial charge in [0.1, 0.15) is 5.75 Å². The summed E-state index contributed by atoms with van der Waals surface area (Å²) in [6.07, 6.45) is 1.66. The molecule has 1 atom stereocenters. The van der Waals surface area contributed by atoms with Gasteiger partial charge in [0.05, 0.1) is 28.6 Å². The van der Waals surface area contributed by atoms with Crippen molar-refractivity contribution in [1.82, 2.24) is 9.62 Å². The van der Waals surface area contributed by atoms with Crippen molar-refractivity contribution in [2.24, 2.45) is 5.92 Å². The van der Waals surface area contributed by atoms with E-state index in [-0.39, 0.29) is 21.5 Å². The van der Waals surface area contributed by atoms with E-state index in [2.05, 4.69) is 12.2 Å². The highest BCUT2D eigenvalue weighted by Crippen LogP contribution is 2.28. The minimum Gasteiger partial charge on any atom is -0.496 e. The number of halogens is 1. The fourth-order valence-electron chi connectivity index (χ4n) is 3.59. The summed E-state index contributed by atoms with van der Waals surface area (Å²) >= 11 is 6.24. The first-order valence-electron chi connectivity index (χ1n) is 9.97. The quantitative estimate of drug-likeness (QED) is 0.713. The molecule has 1 N–H and O–H groups in total. The Labute approximate surface area is 183 Å². The Bertz CT molecular complexity index is 1020. The van der Waals surface area contributed by atoms with Gasteiger partial charge in [-0.3, -0.25) is 4.79 Å². The lowest BCUT2D eigenvalue weighted by Crippen LogP contribution is -2.38. The molecule has 6 nitrogen and oxygen atoms in total. The van der Waals surface area contributed by atoms with Gasteiger partial charge in [-0.25, -0.2) is 8.42 Å². The Kier molecular flexibility index (Phi) is 7.06. The van der Waals surface area contributed by atoms with Crippen LogP contribution in [0.25, 0.3) is 0 Å². The molecule has 0 unspecified atom stereocenters. The van der Waals surface area contributed by atoms with Crippen molar-refractivity contribution in [1.29, 1.82) is 0 Å². The van der Waals surface area contributed by atoms with Gasteiger partial charge in [-0.1, -0.05) is 36.7 Å². The predicted molar refractivity (Wildman–Crippen MR) is 117 cm³/mol. The smallest absolute Gasteiger partial charge is 0.253 e. The molecule has 1 heterocycles. The van der Waals surface area contributed by atoms with E-state index >= 15 is 0 Å². The molecule has 0 aliphatic carbocycles. The molecule has 1 amide bonds. The third-order valence-electron chi connectivity index (χ3n) is 5.52. The highest BCUT2D eigenvalue weighted by atomic mass is 35.5. The zero-order valence-corrected chi connectivity index (χ0v) is 19.0. The lowest BCUT2D eigenvalue weighted by molar-refractivity contribution is 0.0939. The van der Waals surface area contributed by atoms with E-state index in [1.54, 1.807) is 7.11 Å². The zero-order chi connectivity index (χ0) is 21.9. The Morgan fingerprint density at radius 3 is 2.53 bits per heavy atom. The van der Waals surface area contributed by atoms with Crippen molar-refractivity contribution >= 4 is 27.5 Å². The summed E-state index contributed by atoms with van der Waals surface area (Å²) in [5.41, 5.74) is 0.945. The van der Waals surface area contributed by atoms with E-state index in [4.69, 9.17) is 16.3 Å². The number of hydrogen-bond acceptors (Lipinski definition) is 4. The first-order chi connectivity index (χ1) is 14.2. The third-order valence-corrected chi connectivity index (χ3v) is 7.74. The zero-order valence-electron chi connectivity index (χ0n) is 17.4. The second-order valence-electron chi connectivity index (χ2n) is 7.67. The molecular formula is C22H27ClN2O4S. The highest BCUT2D eigenvalue weighted by molar-refractivity contribution is 7.89. The molecule has 1 aliphatic heterocycles. The first-order valence-corrected chi connectivity index (χ1v) is 11.8. The maximum atomic E-state index is 13.0. The summed E-state index contributed by atoms with van der Waals surface area (Å²) in [7, 11) is -2.11. The molecule has 162 valence electrons. The van der Waals surface area contributed by atoms with Crippen LogP contribution in [-0.2, 0) is 10.0 Å². The second kappa shape index (κ2) is 9.37. The van der Waals surface area contributed by atoms with Crippen LogP contribution in [0.4, 0.5) is 0 Å². The average Bonchev–Trinajstić information content (AvgIpc) is 2.74. The van der Waals surface area contributed by atoms with Gasteiger partial charge < -0.3 is 10.1 Å². The monoisotopic (exact) mass is 450 g/mol. The number of hydrogen-bond donors (Lipinski definition) is 1. The van der Waals surface area contributed by atoms with Crippen molar-refractivity contribution in [3.63, 3.8) is 0 Å². The Balaban J connectivity index is 1.83. The van der Waals surface area contributed by atoms with Gasteiger partial charge in [-0.05, 0) is 49.9 Å². The molecule has 8 heteroatoms. The molecule has 0 radical (unpaired) electrons. The predicted octanol–water partition coefficient (Wildman–Crippen LogP) is 4.26. The number of carbonyl (C=O) groups excluding carboxylic acids is 1. The van der Waals surface area contributed by atoms with Crippen LogP contribution in [0.1, 0.15) is 48.7 Å². The molecule has 1 aliphatic rings. The van der Waals surface area contributed by atoms with Crippen LogP contribution in [0, 0.1) is 5.92 Å². The Morgan fingerprint density at radius 2 is 1.87 bits per heavy atom. The lowest BCUT2D eigenvalue weighted by Gasteiger charge is -2.29. The second-order valence-corrected chi connectivity index (χ2v) is 10.0. The summed E-state index contributed by atoms with van der Waals surface area (Å²) in [5, 5.41) is 3.08. The molecule has 1 fully saturated rings. The maximum Gasteiger partial charge on any atom is 0.253 e. The largest absolute Gasteiger partial charge is 0.496 e. The SMILES string of the molecule is COc1ccccc1[C@H](C)NC(=O)c1cc(S(=O)(=O)N2CCC(C)CC2)ccc1Cl. The van der Waals surface area contributed by atoms with E-state index in [1.807, 2.05) is 31.2 Å². The van der Waals surface area contributed by atoms with E-state index < -0.39 is 15.9 Å². The van der Waals surface area contributed by atoms with Gasteiger partial charge in [-0.15, -0.1) is 0 Å².